The van der Waals surface area contributed by atoms with Gasteiger partial charge in [-0.05, 0) is 55.0 Å². The van der Waals surface area contributed by atoms with E-state index in [0.717, 1.165) is 22.6 Å². The molecule has 2 aromatic heterocycles. The van der Waals surface area contributed by atoms with Crippen LogP contribution in [0.15, 0.2) is 40.2 Å². The Bertz CT molecular complexity index is 1000. The van der Waals surface area contributed by atoms with Gasteiger partial charge in [0.15, 0.2) is 0 Å². The van der Waals surface area contributed by atoms with Gasteiger partial charge in [0.05, 0.1) is 17.3 Å². The number of carbonyl (C=O) groups is 1. The fourth-order valence-electron chi connectivity index (χ4n) is 3.68. The van der Waals surface area contributed by atoms with Crippen molar-refractivity contribution in [2.75, 3.05) is 6.54 Å². The van der Waals surface area contributed by atoms with E-state index in [1.54, 1.807) is 30.1 Å². The molecule has 1 aliphatic rings. The molecule has 3 heterocycles. The number of rotatable bonds is 2. The number of amides is 1. The van der Waals surface area contributed by atoms with Crippen LogP contribution in [0.1, 0.15) is 49.4 Å². The van der Waals surface area contributed by atoms with Crippen LogP contribution >= 0.6 is 11.3 Å². The number of hydrogen-bond acceptors (Lipinski definition) is 4. The predicted molar refractivity (Wildman–Crippen MR) is 98.3 cm³/mol. The number of benzene rings is 1. The van der Waals surface area contributed by atoms with Gasteiger partial charge in [-0.25, -0.2) is 0 Å². The highest BCUT2D eigenvalue weighted by Crippen LogP contribution is 2.40. The third kappa shape index (κ3) is 3.11. The lowest BCUT2D eigenvalue weighted by atomic mass is 9.92. The van der Waals surface area contributed by atoms with Gasteiger partial charge < -0.3 is 9.42 Å². The van der Waals surface area contributed by atoms with E-state index < -0.39 is 17.8 Å². The first-order valence-electron chi connectivity index (χ1n) is 8.74. The zero-order valence-corrected chi connectivity index (χ0v) is 16.0. The van der Waals surface area contributed by atoms with Gasteiger partial charge in [0.25, 0.3) is 5.91 Å². The van der Waals surface area contributed by atoms with Crippen molar-refractivity contribution >= 4 is 17.2 Å². The Labute approximate surface area is 163 Å². The van der Waals surface area contributed by atoms with Gasteiger partial charge in [-0.2, -0.15) is 13.2 Å². The molecule has 1 aromatic carbocycles. The molecular weight excluding hydrogens is 389 g/mol. The van der Waals surface area contributed by atoms with Crippen molar-refractivity contribution in [1.82, 2.24) is 10.1 Å². The Morgan fingerprint density at radius 2 is 1.93 bits per heavy atom. The number of alkyl halides is 3. The van der Waals surface area contributed by atoms with E-state index in [1.165, 1.54) is 12.1 Å². The van der Waals surface area contributed by atoms with E-state index in [2.05, 4.69) is 5.16 Å². The molecule has 4 rings (SSSR count). The molecule has 1 atom stereocenters. The van der Waals surface area contributed by atoms with Crippen LogP contribution in [-0.4, -0.2) is 22.5 Å². The number of aryl methyl sites for hydroxylation is 2. The van der Waals surface area contributed by atoms with E-state index in [0.29, 0.717) is 35.5 Å². The average molecular weight is 406 g/mol. The van der Waals surface area contributed by atoms with Crippen LogP contribution in [0.4, 0.5) is 13.2 Å². The Morgan fingerprint density at radius 3 is 2.54 bits per heavy atom. The van der Waals surface area contributed by atoms with Gasteiger partial charge >= 0.3 is 6.18 Å². The number of halogens is 3. The monoisotopic (exact) mass is 406 g/mol. The highest BCUT2D eigenvalue weighted by molar-refractivity contribution is 7.10. The average Bonchev–Trinajstić information content (AvgIpc) is 3.26. The summed E-state index contributed by atoms with van der Waals surface area (Å²) in [6, 6.07) is 6.53. The number of thiophene rings is 1. The lowest BCUT2D eigenvalue weighted by molar-refractivity contribution is -0.137. The van der Waals surface area contributed by atoms with Crippen LogP contribution in [0.5, 0.6) is 0 Å². The second-order valence-corrected chi connectivity index (χ2v) is 7.77. The standard InChI is InChI=1S/C20H17F3N2O2S/c1-11-17(12(2)27-24-11)19(26)25-9-7-16-15(8-10-28-16)18(25)13-3-5-14(6-4-13)20(21,22)23/h3-6,8,10,18H,7,9H2,1-2H3. The maximum Gasteiger partial charge on any atom is 0.416 e. The Kier molecular flexibility index (Phi) is 4.53. The number of fused-ring (bicyclic) bond motifs is 1. The van der Waals surface area contributed by atoms with E-state index in [1.807, 2.05) is 11.4 Å². The van der Waals surface area contributed by atoms with Crippen LogP contribution in [0.25, 0.3) is 0 Å². The smallest absolute Gasteiger partial charge is 0.361 e. The lowest BCUT2D eigenvalue weighted by Gasteiger charge is -2.36. The minimum absolute atomic E-state index is 0.224. The molecule has 28 heavy (non-hydrogen) atoms. The van der Waals surface area contributed by atoms with Crippen LogP contribution in [0, 0.1) is 13.8 Å². The summed E-state index contributed by atoms with van der Waals surface area (Å²) in [5, 5.41) is 5.81. The molecule has 146 valence electrons. The summed E-state index contributed by atoms with van der Waals surface area (Å²) >= 11 is 1.60. The van der Waals surface area contributed by atoms with Crippen molar-refractivity contribution < 1.29 is 22.5 Å². The zero-order valence-electron chi connectivity index (χ0n) is 15.2. The topological polar surface area (TPSA) is 46.3 Å². The second kappa shape index (κ2) is 6.77. The molecule has 0 aliphatic carbocycles. The van der Waals surface area contributed by atoms with Gasteiger partial charge in [0, 0.05) is 11.4 Å². The van der Waals surface area contributed by atoms with Gasteiger partial charge in [-0.3, -0.25) is 4.79 Å². The minimum Gasteiger partial charge on any atom is -0.361 e. The fourth-order valence-corrected chi connectivity index (χ4v) is 4.58. The van der Waals surface area contributed by atoms with Gasteiger partial charge in [-0.15, -0.1) is 11.3 Å². The third-order valence-corrected chi connectivity index (χ3v) is 6.02. The Hall–Kier alpha value is -2.61. The van der Waals surface area contributed by atoms with Crippen molar-refractivity contribution in [2.24, 2.45) is 0 Å². The van der Waals surface area contributed by atoms with Crippen LogP contribution in [0.2, 0.25) is 0 Å². The van der Waals surface area contributed by atoms with E-state index in [4.69, 9.17) is 4.52 Å². The maximum absolute atomic E-state index is 13.3. The Balaban J connectivity index is 1.78. The van der Waals surface area contributed by atoms with Gasteiger partial charge in [-0.1, -0.05) is 17.3 Å². The molecule has 8 heteroatoms. The third-order valence-electron chi connectivity index (χ3n) is 5.03. The highest BCUT2D eigenvalue weighted by atomic mass is 32.1. The van der Waals surface area contributed by atoms with Crippen LogP contribution in [-0.2, 0) is 12.6 Å². The summed E-state index contributed by atoms with van der Waals surface area (Å²) in [6.07, 6.45) is -3.69. The summed E-state index contributed by atoms with van der Waals surface area (Å²) in [7, 11) is 0. The first-order chi connectivity index (χ1) is 13.3. The summed E-state index contributed by atoms with van der Waals surface area (Å²) in [5.41, 5.74) is 1.81. The molecule has 0 N–H and O–H groups in total. The normalized spacial score (nSPS) is 16.9. The second-order valence-electron chi connectivity index (χ2n) is 6.77. The SMILES string of the molecule is Cc1noc(C)c1C(=O)N1CCc2sccc2C1c1ccc(C(F)(F)F)cc1. The molecule has 0 fully saturated rings. The molecule has 0 spiro atoms. The lowest BCUT2D eigenvalue weighted by Crippen LogP contribution is -2.40. The summed E-state index contributed by atoms with van der Waals surface area (Å²) in [4.78, 5) is 16.1. The number of carbonyl (C=O) groups excluding carboxylic acids is 1. The van der Waals surface area contributed by atoms with E-state index in [-0.39, 0.29) is 5.91 Å². The Morgan fingerprint density at radius 1 is 1.21 bits per heavy atom. The van der Waals surface area contributed by atoms with Crippen LogP contribution < -0.4 is 0 Å². The van der Waals surface area contributed by atoms with E-state index >= 15 is 0 Å². The predicted octanol–water partition coefficient (Wildman–Crippen LogP) is 5.16. The number of nitrogens with zero attached hydrogens (tertiary/aromatic N) is 2. The van der Waals surface area contributed by atoms with Crippen molar-refractivity contribution in [3.05, 3.63) is 74.3 Å². The first-order valence-corrected chi connectivity index (χ1v) is 9.62. The first kappa shape index (κ1) is 18.7. The maximum atomic E-state index is 13.3. The molecule has 1 amide bonds. The van der Waals surface area contributed by atoms with Crippen molar-refractivity contribution in [1.29, 1.82) is 0 Å². The summed E-state index contributed by atoms with van der Waals surface area (Å²) in [5.74, 6) is 0.211. The van der Waals surface area contributed by atoms with Gasteiger partial charge in [0.1, 0.15) is 11.3 Å². The van der Waals surface area contributed by atoms with Crippen LogP contribution in [0.3, 0.4) is 0 Å². The molecule has 1 aliphatic heterocycles. The number of hydrogen-bond donors (Lipinski definition) is 0. The summed E-state index contributed by atoms with van der Waals surface area (Å²) in [6.45, 7) is 3.86. The molecule has 0 saturated heterocycles. The summed E-state index contributed by atoms with van der Waals surface area (Å²) < 4.78 is 44.0. The molecule has 1 unspecified atom stereocenters. The van der Waals surface area contributed by atoms with Crippen molar-refractivity contribution in [3.63, 3.8) is 0 Å². The molecule has 4 nitrogen and oxygen atoms in total. The molecule has 0 bridgehead atoms. The number of aromatic nitrogens is 1. The van der Waals surface area contributed by atoms with Crippen molar-refractivity contribution in [3.8, 4) is 0 Å². The highest BCUT2D eigenvalue weighted by Gasteiger charge is 2.36. The molecular formula is C20H17F3N2O2S. The van der Waals surface area contributed by atoms with E-state index in [9.17, 15) is 18.0 Å². The zero-order chi connectivity index (χ0) is 20.1. The molecule has 0 saturated carbocycles. The molecule has 0 radical (unpaired) electrons. The quantitative estimate of drug-likeness (QED) is 0.591. The molecule has 3 aromatic rings. The largest absolute Gasteiger partial charge is 0.416 e. The van der Waals surface area contributed by atoms with Gasteiger partial charge in [0.2, 0.25) is 0 Å². The minimum atomic E-state index is -4.40. The van der Waals surface area contributed by atoms with Crippen molar-refractivity contribution in [2.45, 2.75) is 32.5 Å². The fraction of sp³-hybridized carbons (Fsp3) is 0.300.